The van der Waals surface area contributed by atoms with Gasteiger partial charge in [-0.05, 0) is 30.2 Å². The topological polar surface area (TPSA) is 21.3 Å². The Labute approximate surface area is 101 Å². The molecule has 0 amide bonds. The van der Waals surface area contributed by atoms with E-state index < -0.39 is 0 Å². The van der Waals surface area contributed by atoms with E-state index in [4.69, 9.17) is 4.74 Å². The Balaban J connectivity index is 1.68. The van der Waals surface area contributed by atoms with Gasteiger partial charge in [-0.3, -0.25) is 0 Å². The molecule has 88 valence electrons. The number of hydrogen-bond donors (Lipinski definition) is 1. The second-order valence-electron chi connectivity index (χ2n) is 4.90. The molecule has 2 fully saturated rings. The van der Waals surface area contributed by atoms with Crippen LogP contribution >= 0.6 is 11.3 Å². The molecule has 2 nitrogen and oxygen atoms in total. The molecule has 0 radical (unpaired) electrons. The molecular weight excluding hydrogens is 218 g/mol. The lowest BCUT2D eigenvalue weighted by Crippen LogP contribution is -2.38. The first-order valence-electron chi connectivity index (χ1n) is 6.32. The number of thiophene rings is 1. The van der Waals surface area contributed by atoms with E-state index in [0.29, 0.717) is 6.04 Å². The van der Waals surface area contributed by atoms with Crippen molar-refractivity contribution in [2.24, 2.45) is 5.92 Å². The predicted octanol–water partition coefficient (Wildman–Crippen LogP) is 2.97. The molecule has 16 heavy (non-hydrogen) atoms. The molecule has 1 aliphatic heterocycles. The summed E-state index contributed by atoms with van der Waals surface area (Å²) < 4.78 is 6.06. The molecule has 1 N–H and O–H groups in total. The Morgan fingerprint density at radius 3 is 3.12 bits per heavy atom. The van der Waals surface area contributed by atoms with Crippen molar-refractivity contribution in [3.8, 4) is 0 Å². The Kier molecular flexibility index (Phi) is 3.27. The number of rotatable bonds is 1. The minimum absolute atomic E-state index is 0.283. The second-order valence-corrected chi connectivity index (χ2v) is 5.88. The Bertz CT molecular complexity index is 309. The maximum Gasteiger partial charge on any atom is 0.104 e. The fourth-order valence-corrected chi connectivity index (χ4v) is 3.66. The van der Waals surface area contributed by atoms with Crippen molar-refractivity contribution in [3.63, 3.8) is 0 Å². The van der Waals surface area contributed by atoms with E-state index in [9.17, 15) is 0 Å². The molecule has 1 saturated carbocycles. The number of fused-ring (bicyclic) bond motifs is 1. The van der Waals surface area contributed by atoms with Crippen LogP contribution in [0.15, 0.2) is 17.5 Å². The van der Waals surface area contributed by atoms with Crippen LogP contribution < -0.4 is 5.32 Å². The summed E-state index contributed by atoms with van der Waals surface area (Å²) >= 11 is 1.81. The molecule has 2 aliphatic rings. The van der Waals surface area contributed by atoms with Crippen LogP contribution in [0.3, 0.4) is 0 Å². The fourth-order valence-electron chi connectivity index (χ4n) is 2.89. The highest BCUT2D eigenvalue weighted by atomic mass is 32.1. The Morgan fingerprint density at radius 1 is 1.31 bits per heavy atom. The lowest BCUT2D eigenvalue weighted by molar-refractivity contribution is 0.0421. The minimum atomic E-state index is 0.283. The largest absolute Gasteiger partial charge is 0.371 e. The van der Waals surface area contributed by atoms with Crippen molar-refractivity contribution >= 4 is 11.3 Å². The van der Waals surface area contributed by atoms with Crippen molar-refractivity contribution in [1.29, 1.82) is 0 Å². The number of ether oxygens (including phenoxy) is 1. The van der Waals surface area contributed by atoms with E-state index >= 15 is 0 Å². The molecule has 0 spiro atoms. The summed E-state index contributed by atoms with van der Waals surface area (Å²) in [5.41, 5.74) is 0. The summed E-state index contributed by atoms with van der Waals surface area (Å²) in [7, 11) is 0. The Morgan fingerprint density at radius 2 is 2.25 bits per heavy atom. The van der Waals surface area contributed by atoms with Gasteiger partial charge in [0, 0.05) is 17.5 Å². The zero-order valence-electron chi connectivity index (χ0n) is 9.52. The normalized spacial score (nSPS) is 35.4. The maximum atomic E-state index is 6.06. The van der Waals surface area contributed by atoms with E-state index in [1.165, 1.54) is 30.6 Å². The molecule has 3 rings (SSSR count). The highest BCUT2D eigenvalue weighted by Gasteiger charge is 2.30. The lowest BCUT2D eigenvalue weighted by Gasteiger charge is -2.29. The predicted molar refractivity (Wildman–Crippen MR) is 66.8 cm³/mol. The van der Waals surface area contributed by atoms with Gasteiger partial charge in [-0.25, -0.2) is 0 Å². The van der Waals surface area contributed by atoms with Gasteiger partial charge in [0.25, 0.3) is 0 Å². The van der Waals surface area contributed by atoms with Crippen LogP contribution in [0.2, 0.25) is 0 Å². The molecule has 2 heterocycles. The molecule has 3 atom stereocenters. The van der Waals surface area contributed by atoms with Gasteiger partial charge in [-0.1, -0.05) is 18.9 Å². The third kappa shape index (κ3) is 2.17. The van der Waals surface area contributed by atoms with E-state index in [1.807, 2.05) is 0 Å². The third-order valence-electron chi connectivity index (χ3n) is 3.85. The molecule has 1 aromatic rings. The van der Waals surface area contributed by atoms with Gasteiger partial charge < -0.3 is 10.1 Å². The van der Waals surface area contributed by atoms with Crippen LogP contribution in [0.4, 0.5) is 0 Å². The number of hydrogen-bond acceptors (Lipinski definition) is 3. The first-order chi connectivity index (χ1) is 7.93. The molecule has 1 aromatic heterocycles. The van der Waals surface area contributed by atoms with Gasteiger partial charge in [-0.15, -0.1) is 11.3 Å². The van der Waals surface area contributed by atoms with Gasteiger partial charge in [-0.2, -0.15) is 0 Å². The average molecular weight is 237 g/mol. The van der Waals surface area contributed by atoms with Crippen LogP contribution in [-0.4, -0.2) is 19.2 Å². The summed E-state index contributed by atoms with van der Waals surface area (Å²) in [6, 6.07) is 5.01. The Hall–Kier alpha value is -0.380. The van der Waals surface area contributed by atoms with Crippen molar-refractivity contribution < 1.29 is 4.74 Å². The summed E-state index contributed by atoms with van der Waals surface area (Å²) in [5.74, 6) is 0.749. The van der Waals surface area contributed by atoms with Gasteiger partial charge in [0.1, 0.15) is 6.10 Å². The van der Waals surface area contributed by atoms with Gasteiger partial charge in [0.05, 0.1) is 6.61 Å². The molecule has 0 aromatic carbocycles. The summed E-state index contributed by atoms with van der Waals surface area (Å²) in [5, 5.41) is 5.84. The summed E-state index contributed by atoms with van der Waals surface area (Å²) in [4.78, 5) is 1.37. The van der Waals surface area contributed by atoms with Crippen LogP contribution in [-0.2, 0) is 4.74 Å². The zero-order valence-corrected chi connectivity index (χ0v) is 10.3. The smallest absolute Gasteiger partial charge is 0.104 e. The van der Waals surface area contributed by atoms with Gasteiger partial charge >= 0.3 is 0 Å². The van der Waals surface area contributed by atoms with E-state index in [-0.39, 0.29) is 6.10 Å². The second kappa shape index (κ2) is 4.86. The van der Waals surface area contributed by atoms with Gasteiger partial charge in [0.15, 0.2) is 0 Å². The molecule has 3 unspecified atom stereocenters. The minimum Gasteiger partial charge on any atom is -0.371 e. The monoisotopic (exact) mass is 237 g/mol. The lowest BCUT2D eigenvalue weighted by atomic mass is 9.85. The highest BCUT2D eigenvalue weighted by molar-refractivity contribution is 7.10. The molecular formula is C13H19NOS. The molecule has 3 heteroatoms. The number of nitrogens with one attached hydrogen (secondary N) is 1. The van der Waals surface area contributed by atoms with Crippen LogP contribution in [0.5, 0.6) is 0 Å². The van der Waals surface area contributed by atoms with Gasteiger partial charge in [0.2, 0.25) is 0 Å². The third-order valence-corrected chi connectivity index (χ3v) is 4.81. The van der Waals surface area contributed by atoms with E-state index in [0.717, 1.165) is 19.1 Å². The van der Waals surface area contributed by atoms with Crippen LogP contribution in [0.1, 0.15) is 36.7 Å². The maximum absolute atomic E-state index is 6.06. The van der Waals surface area contributed by atoms with Crippen molar-refractivity contribution in [2.75, 3.05) is 13.2 Å². The van der Waals surface area contributed by atoms with E-state index in [1.54, 1.807) is 11.3 Å². The van der Waals surface area contributed by atoms with Crippen molar-refractivity contribution in [1.82, 2.24) is 5.32 Å². The molecule has 1 aliphatic carbocycles. The van der Waals surface area contributed by atoms with Crippen LogP contribution in [0, 0.1) is 5.92 Å². The fraction of sp³-hybridized carbons (Fsp3) is 0.692. The average Bonchev–Trinajstić information content (AvgIpc) is 2.76. The first kappa shape index (κ1) is 10.8. The summed E-state index contributed by atoms with van der Waals surface area (Å²) in [6.45, 7) is 1.93. The summed E-state index contributed by atoms with van der Waals surface area (Å²) in [6.07, 6.45) is 5.74. The van der Waals surface area contributed by atoms with Crippen LogP contribution in [0.25, 0.3) is 0 Å². The van der Waals surface area contributed by atoms with Crippen molar-refractivity contribution in [2.45, 2.75) is 37.8 Å². The molecule has 1 saturated heterocycles. The first-order valence-corrected chi connectivity index (χ1v) is 7.20. The quantitative estimate of drug-likeness (QED) is 0.811. The SMILES string of the molecule is c1csc(C2CNC3CCCCC3CO2)c1. The standard InChI is InChI=1S/C13H19NOS/c1-2-5-11-10(4-1)9-15-12(8-14-11)13-6-3-7-16-13/h3,6-7,10-12,14H,1-2,4-5,8-9H2. The zero-order chi connectivity index (χ0) is 10.8. The van der Waals surface area contributed by atoms with E-state index in [2.05, 4.69) is 22.8 Å². The highest BCUT2D eigenvalue weighted by Crippen LogP contribution is 2.31. The molecule has 0 bridgehead atoms. The van der Waals surface area contributed by atoms with Crippen molar-refractivity contribution in [3.05, 3.63) is 22.4 Å².